The second-order valence-corrected chi connectivity index (χ2v) is 8.05. The van der Waals surface area contributed by atoms with Gasteiger partial charge in [-0.05, 0) is 24.3 Å². The zero-order valence-electron chi connectivity index (χ0n) is 16.7. The zero-order valence-corrected chi connectivity index (χ0v) is 17.5. The molecule has 0 aliphatic rings. The van der Waals surface area contributed by atoms with Crippen LogP contribution in [0.3, 0.4) is 0 Å². The lowest BCUT2D eigenvalue weighted by atomic mass is 10.1. The van der Waals surface area contributed by atoms with Crippen molar-refractivity contribution in [3.05, 3.63) is 102 Å². The van der Waals surface area contributed by atoms with E-state index in [0.717, 1.165) is 0 Å². The number of sulfonamides is 1. The Kier molecular flexibility index (Phi) is 6.76. The molecule has 0 heterocycles. The molecule has 5 N–H and O–H groups in total. The molecule has 0 aromatic heterocycles. The monoisotopic (exact) mass is 449 g/mol. The zero-order chi connectivity index (χ0) is 23.1. The number of aliphatic hydroxyl groups is 1. The van der Waals surface area contributed by atoms with E-state index >= 15 is 0 Å². The molecule has 0 saturated heterocycles. The van der Waals surface area contributed by atoms with E-state index in [1.54, 1.807) is 60.7 Å². The predicted molar refractivity (Wildman–Crippen MR) is 121 cm³/mol. The number of carbonyl (C=O) groups is 1. The standard InChI is InChI=1S/C22H19N5O4S/c23-22(24)27-32(30,31)18-13-11-17(12-14-18)25-26-19(20(28)15-7-3-1-4-8-15)21(29)16-9-5-2-6-10-16/h1-14,28H,(H4,23,24,27)/b20-19-,26-25?. The summed E-state index contributed by atoms with van der Waals surface area (Å²) in [5, 5.41) is 18.7. The maximum absolute atomic E-state index is 13.0. The van der Waals surface area contributed by atoms with Crippen LogP contribution in [-0.2, 0) is 10.0 Å². The lowest BCUT2D eigenvalue weighted by Crippen LogP contribution is -2.24. The van der Waals surface area contributed by atoms with Crippen molar-refractivity contribution in [1.82, 2.24) is 0 Å². The minimum atomic E-state index is -4.04. The van der Waals surface area contributed by atoms with Crippen molar-refractivity contribution in [2.45, 2.75) is 4.90 Å². The van der Waals surface area contributed by atoms with Gasteiger partial charge in [-0.2, -0.15) is 13.5 Å². The van der Waals surface area contributed by atoms with Crippen LogP contribution in [0.15, 0.2) is 110 Å². The molecule has 3 rings (SSSR count). The van der Waals surface area contributed by atoms with Crippen molar-refractivity contribution in [3.63, 3.8) is 0 Å². The largest absolute Gasteiger partial charge is 0.505 e. The van der Waals surface area contributed by atoms with E-state index in [9.17, 15) is 18.3 Å². The molecular weight excluding hydrogens is 430 g/mol. The summed E-state index contributed by atoms with van der Waals surface area (Å²) in [6.07, 6.45) is 0. The van der Waals surface area contributed by atoms with Crippen molar-refractivity contribution < 1.29 is 18.3 Å². The van der Waals surface area contributed by atoms with Gasteiger partial charge >= 0.3 is 0 Å². The smallest absolute Gasteiger partial charge is 0.285 e. The molecule has 3 aromatic carbocycles. The van der Waals surface area contributed by atoms with E-state index in [4.69, 9.17) is 11.5 Å². The Hall–Kier alpha value is -4.31. The minimum Gasteiger partial charge on any atom is -0.505 e. The molecule has 0 atom stereocenters. The maximum atomic E-state index is 13.0. The van der Waals surface area contributed by atoms with Crippen LogP contribution in [0.1, 0.15) is 15.9 Å². The lowest BCUT2D eigenvalue weighted by molar-refractivity contribution is 0.103. The van der Waals surface area contributed by atoms with Crippen molar-refractivity contribution in [1.29, 1.82) is 0 Å². The Morgan fingerprint density at radius 2 is 1.31 bits per heavy atom. The Labute approximate surface area is 184 Å². The van der Waals surface area contributed by atoms with Gasteiger partial charge in [0.2, 0.25) is 11.7 Å². The highest BCUT2D eigenvalue weighted by molar-refractivity contribution is 7.90. The molecule has 0 fully saturated rings. The number of nitrogens with zero attached hydrogens (tertiary/aromatic N) is 3. The number of allylic oxidation sites excluding steroid dienone is 1. The number of guanidine groups is 1. The summed E-state index contributed by atoms with van der Waals surface area (Å²) in [4.78, 5) is 12.8. The average molecular weight is 449 g/mol. The first-order chi connectivity index (χ1) is 15.3. The molecule has 162 valence electrons. The van der Waals surface area contributed by atoms with Crippen LogP contribution >= 0.6 is 0 Å². The third-order valence-corrected chi connectivity index (χ3v) is 5.47. The maximum Gasteiger partial charge on any atom is 0.285 e. The van der Waals surface area contributed by atoms with E-state index in [1.807, 2.05) is 0 Å². The van der Waals surface area contributed by atoms with E-state index < -0.39 is 21.8 Å². The van der Waals surface area contributed by atoms with Gasteiger partial charge in [-0.25, -0.2) is 0 Å². The van der Waals surface area contributed by atoms with Crippen molar-refractivity contribution >= 4 is 33.2 Å². The fourth-order valence-electron chi connectivity index (χ4n) is 2.64. The molecule has 0 unspecified atom stereocenters. The van der Waals surface area contributed by atoms with Crippen LogP contribution < -0.4 is 11.5 Å². The van der Waals surface area contributed by atoms with Crippen LogP contribution in [-0.4, -0.2) is 25.3 Å². The molecule has 3 aromatic rings. The second kappa shape index (κ2) is 9.67. The Morgan fingerprint density at radius 3 is 1.84 bits per heavy atom. The third kappa shape index (κ3) is 5.43. The fraction of sp³-hybridized carbons (Fsp3) is 0. The van der Waals surface area contributed by atoms with Crippen LogP contribution in [0.4, 0.5) is 5.69 Å². The molecule has 0 spiro atoms. The van der Waals surface area contributed by atoms with Crippen molar-refractivity contribution in [2.24, 2.45) is 26.1 Å². The van der Waals surface area contributed by atoms with E-state index in [2.05, 4.69) is 14.6 Å². The number of Topliss-reactive ketones (excluding diaryl/α,β-unsaturated/α-hetero) is 1. The van der Waals surface area contributed by atoms with Crippen LogP contribution in [0.25, 0.3) is 5.76 Å². The number of carbonyl (C=O) groups excluding carboxylic acids is 1. The van der Waals surface area contributed by atoms with Gasteiger partial charge in [0.25, 0.3) is 10.0 Å². The quantitative estimate of drug-likeness (QED) is 0.125. The summed E-state index contributed by atoms with van der Waals surface area (Å²) in [5.41, 5.74) is 11.0. The summed E-state index contributed by atoms with van der Waals surface area (Å²) in [6, 6.07) is 22.0. The molecule has 0 aliphatic heterocycles. The number of rotatable bonds is 7. The fourth-order valence-corrected chi connectivity index (χ4v) is 3.51. The molecule has 0 radical (unpaired) electrons. The van der Waals surface area contributed by atoms with Gasteiger partial charge in [-0.15, -0.1) is 9.51 Å². The van der Waals surface area contributed by atoms with Gasteiger partial charge in [-0.3, -0.25) is 4.79 Å². The van der Waals surface area contributed by atoms with Gasteiger partial charge in [0.05, 0.1) is 10.6 Å². The van der Waals surface area contributed by atoms with Gasteiger partial charge in [0.1, 0.15) is 0 Å². The molecule has 0 aliphatic carbocycles. The van der Waals surface area contributed by atoms with Gasteiger partial charge in [-0.1, -0.05) is 60.7 Å². The first-order valence-electron chi connectivity index (χ1n) is 9.24. The van der Waals surface area contributed by atoms with E-state index in [1.165, 1.54) is 24.3 Å². The summed E-state index contributed by atoms with van der Waals surface area (Å²) in [6.45, 7) is 0. The molecule has 32 heavy (non-hydrogen) atoms. The van der Waals surface area contributed by atoms with Crippen molar-refractivity contribution in [3.8, 4) is 0 Å². The highest BCUT2D eigenvalue weighted by Gasteiger charge is 2.19. The van der Waals surface area contributed by atoms with Crippen LogP contribution in [0, 0.1) is 0 Å². The van der Waals surface area contributed by atoms with Crippen LogP contribution in [0.2, 0.25) is 0 Å². The first kappa shape index (κ1) is 22.4. The second-order valence-electron chi connectivity index (χ2n) is 6.44. The normalized spacial score (nSPS) is 12.2. The van der Waals surface area contributed by atoms with Crippen LogP contribution in [0.5, 0.6) is 0 Å². The Balaban J connectivity index is 1.99. The summed E-state index contributed by atoms with van der Waals surface area (Å²) in [7, 11) is -4.04. The number of azo groups is 1. The number of nitrogens with two attached hydrogens (primary N) is 2. The lowest BCUT2D eigenvalue weighted by Gasteiger charge is -2.06. The minimum absolute atomic E-state index is 0.145. The number of aliphatic hydroxyl groups excluding tert-OH is 1. The summed E-state index contributed by atoms with van der Waals surface area (Å²) >= 11 is 0. The van der Waals surface area contributed by atoms with Gasteiger partial charge in [0.15, 0.2) is 11.5 Å². The highest BCUT2D eigenvalue weighted by Crippen LogP contribution is 2.24. The predicted octanol–water partition coefficient (Wildman–Crippen LogP) is 3.54. The molecule has 10 heteroatoms. The van der Waals surface area contributed by atoms with Gasteiger partial charge < -0.3 is 16.6 Å². The summed E-state index contributed by atoms with van der Waals surface area (Å²) in [5.74, 6) is -1.45. The average Bonchev–Trinajstić information content (AvgIpc) is 2.79. The Morgan fingerprint density at radius 1 is 0.781 bits per heavy atom. The molecular formula is C22H19N5O4S. The van der Waals surface area contributed by atoms with E-state index in [-0.39, 0.29) is 22.0 Å². The number of ketones is 1. The SMILES string of the molecule is NC(N)=NS(=O)(=O)c1ccc(N=N/C(C(=O)c2ccccc2)=C(\O)c2ccccc2)cc1. The van der Waals surface area contributed by atoms with E-state index in [0.29, 0.717) is 11.1 Å². The highest BCUT2D eigenvalue weighted by atomic mass is 32.2. The molecule has 9 nitrogen and oxygen atoms in total. The number of hydrogen-bond acceptors (Lipinski definition) is 6. The Bertz CT molecular complexity index is 1300. The van der Waals surface area contributed by atoms with Gasteiger partial charge in [0, 0.05) is 11.1 Å². The number of benzene rings is 3. The third-order valence-electron chi connectivity index (χ3n) is 4.15. The number of hydrogen-bond donors (Lipinski definition) is 3. The first-order valence-corrected chi connectivity index (χ1v) is 10.7. The molecule has 0 bridgehead atoms. The van der Waals surface area contributed by atoms with Crippen molar-refractivity contribution in [2.75, 3.05) is 0 Å². The topological polar surface area (TPSA) is 161 Å². The molecule has 0 saturated carbocycles. The summed E-state index contributed by atoms with van der Waals surface area (Å²) < 4.78 is 27.3. The molecule has 0 amide bonds.